The van der Waals surface area contributed by atoms with E-state index in [0.29, 0.717) is 22.6 Å². The lowest BCUT2D eigenvalue weighted by Gasteiger charge is -2.33. The molecule has 0 radical (unpaired) electrons. The number of carbonyl (C=O) groups is 2. The third kappa shape index (κ3) is 6.18. The Bertz CT molecular complexity index is 779. The zero-order valence-corrected chi connectivity index (χ0v) is 17.4. The maximum absolute atomic E-state index is 12.3. The zero-order chi connectivity index (χ0) is 19.8. The summed E-state index contributed by atoms with van der Waals surface area (Å²) in [6.07, 6.45) is 0. The molecule has 1 aromatic heterocycles. The first kappa shape index (κ1) is 20.6. The summed E-state index contributed by atoms with van der Waals surface area (Å²) in [4.78, 5) is 27.3. The van der Waals surface area contributed by atoms with Gasteiger partial charge in [0.05, 0.1) is 38.5 Å². The topological polar surface area (TPSA) is 88.9 Å². The highest BCUT2D eigenvalue weighted by Crippen LogP contribution is 2.25. The number of nitrogens with zero attached hydrogens (tertiary/aromatic N) is 3. The maximum Gasteiger partial charge on any atom is 0.316 e. The standard InChI is InChI=1S/C18H23N5O3S2/c1-2-26-16(25)13-27-18-21-20-17(28-18)19-15(24)12-22-8-10-23(11-9-22)14-6-4-3-5-7-14/h3-7H,2,8-13H2,1H3,(H,19,20,24)/p+1. The van der Waals surface area contributed by atoms with Crippen LogP contribution in [0.5, 0.6) is 0 Å². The van der Waals surface area contributed by atoms with Gasteiger partial charge in [-0.3, -0.25) is 14.9 Å². The summed E-state index contributed by atoms with van der Waals surface area (Å²) < 4.78 is 5.51. The van der Waals surface area contributed by atoms with E-state index in [9.17, 15) is 9.59 Å². The second kappa shape index (κ2) is 10.4. The van der Waals surface area contributed by atoms with E-state index in [1.54, 1.807) is 6.92 Å². The summed E-state index contributed by atoms with van der Waals surface area (Å²) >= 11 is 2.52. The van der Waals surface area contributed by atoms with Crippen molar-refractivity contribution in [1.29, 1.82) is 0 Å². The monoisotopic (exact) mass is 422 g/mol. The maximum atomic E-state index is 12.3. The van der Waals surface area contributed by atoms with Crippen LogP contribution >= 0.6 is 23.1 Å². The Kier molecular flexibility index (Phi) is 7.63. The Labute approximate surface area is 172 Å². The number of benzene rings is 1. The number of esters is 1. The first-order valence-electron chi connectivity index (χ1n) is 9.19. The van der Waals surface area contributed by atoms with Crippen molar-refractivity contribution in [1.82, 2.24) is 10.2 Å². The lowest BCUT2D eigenvalue weighted by molar-refractivity contribution is -0.892. The van der Waals surface area contributed by atoms with E-state index in [-0.39, 0.29) is 17.6 Å². The van der Waals surface area contributed by atoms with Crippen molar-refractivity contribution >= 4 is 45.8 Å². The van der Waals surface area contributed by atoms with Crippen LogP contribution in [0, 0.1) is 0 Å². The van der Waals surface area contributed by atoms with Gasteiger partial charge in [0, 0.05) is 5.69 Å². The van der Waals surface area contributed by atoms with Crippen molar-refractivity contribution < 1.29 is 19.2 Å². The Morgan fingerprint density at radius 2 is 2.00 bits per heavy atom. The second-order valence-electron chi connectivity index (χ2n) is 6.26. The number of piperazine rings is 1. The van der Waals surface area contributed by atoms with Crippen LogP contribution in [-0.4, -0.2) is 67.2 Å². The van der Waals surface area contributed by atoms with Crippen LogP contribution in [0.3, 0.4) is 0 Å². The molecular formula is C18H24N5O3S2+. The fourth-order valence-electron chi connectivity index (χ4n) is 2.93. The number of carbonyl (C=O) groups excluding carboxylic acids is 2. The van der Waals surface area contributed by atoms with Gasteiger partial charge in [-0.25, -0.2) is 0 Å². The number of hydrogen-bond donors (Lipinski definition) is 2. The summed E-state index contributed by atoms with van der Waals surface area (Å²) in [5.41, 5.74) is 1.23. The van der Waals surface area contributed by atoms with Crippen molar-refractivity contribution in [2.75, 3.05) is 55.3 Å². The summed E-state index contributed by atoms with van der Waals surface area (Å²) in [6, 6.07) is 10.3. The molecule has 1 aliphatic rings. The highest BCUT2D eigenvalue weighted by Gasteiger charge is 2.23. The van der Waals surface area contributed by atoms with Crippen molar-refractivity contribution in [3.05, 3.63) is 30.3 Å². The highest BCUT2D eigenvalue weighted by molar-refractivity contribution is 8.01. The summed E-state index contributed by atoms with van der Waals surface area (Å²) in [7, 11) is 0. The van der Waals surface area contributed by atoms with Gasteiger partial charge >= 0.3 is 5.97 Å². The van der Waals surface area contributed by atoms with E-state index in [4.69, 9.17) is 4.74 Å². The molecule has 0 atom stereocenters. The Hall–Kier alpha value is -2.17. The molecule has 2 heterocycles. The summed E-state index contributed by atoms with van der Waals surface area (Å²) in [6.45, 7) is 6.23. The third-order valence-corrected chi connectivity index (χ3v) is 6.22. The average molecular weight is 423 g/mol. The molecule has 0 saturated carbocycles. The van der Waals surface area contributed by atoms with Gasteiger partial charge in [-0.15, -0.1) is 10.2 Å². The lowest BCUT2D eigenvalue weighted by Crippen LogP contribution is -3.15. The first-order chi connectivity index (χ1) is 13.6. The molecule has 28 heavy (non-hydrogen) atoms. The van der Waals surface area contributed by atoms with Crippen molar-refractivity contribution in [2.45, 2.75) is 11.3 Å². The van der Waals surface area contributed by atoms with Crippen LogP contribution in [0.15, 0.2) is 34.7 Å². The van der Waals surface area contributed by atoms with Gasteiger partial charge in [0.15, 0.2) is 10.9 Å². The molecule has 3 rings (SSSR count). The molecule has 1 fully saturated rings. The number of quaternary nitrogens is 1. The third-order valence-electron chi connectivity index (χ3n) is 4.27. The molecule has 10 heteroatoms. The number of amides is 1. The van der Waals surface area contributed by atoms with E-state index in [1.165, 1.54) is 33.7 Å². The van der Waals surface area contributed by atoms with Gasteiger partial charge in [-0.05, 0) is 19.1 Å². The minimum atomic E-state index is -0.286. The van der Waals surface area contributed by atoms with Gasteiger partial charge in [0.2, 0.25) is 5.13 Å². The molecule has 150 valence electrons. The van der Waals surface area contributed by atoms with Gasteiger partial charge in [0.1, 0.15) is 0 Å². The van der Waals surface area contributed by atoms with Crippen LogP contribution in [0.4, 0.5) is 10.8 Å². The fraction of sp³-hybridized carbons (Fsp3) is 0.444. The number of nitrogens with one attached hydrogen (secondary N) is 2. The zero-order valence-electron chi connectivity index (χ0n) is 15.7. The molecule has 1 aromatic carbocycles. The van der Waals surface area contributed by atoms with E-state index >= 15 is 0 Å². The van der Waals surface area contributed by atoms with Crippen molar-refractivity contribution in [3.63, 3.8) is 0 Å². The minimum absolute atomic E-state index is 0.0683. The number of hydrogen-bond acceptors (Lipinski definition) is 8. The smallest absolute Gasteiger partial charge is 0.316 e. The van der Waals surface area contributed by atoms with Crippen LogP contribution in [0.1, 0.15) is 6.92 Å². The van der Waals surface area contributed by atoms with Crippen LogP contribution in [0.2, 0.25) is 0 Å². The van der Waals surface area contributed by atoms with E-state index < -0.39 is 0 Å². The normalized spacial score (nSPS) is 14.7. The molecule has 0 unspecified atom stereocenters. The Morgan fingerprint density at radius 3 is 2.71 bits per heavy atom. The molecule has 0 bridgehead atoms. The summed E-state index contributed by atoms with van der Waals surface area (Å²) in [5.74, 6) is -0.167. The Morgan fingerprint density at radius 1 is 1.25 bits per heavy atom. The van der Waals surface area contributed by atoms with Gasteiger partial charge in [-0.1, -0.05) is 41.3 Å². The number of rotatable bonds is 8. The van der Waals surface area contributed by atoms with E-state index in [0.717, 1.165) is 26.2 Å². The molecule has 0 aliphatic carbocycles. The number of anilines is 2. The highest BCUT2D eigenvalue weighted by atomic mass is 32.2. The molecule has 2 N–H and O–H groups in total. The molecule has 2 aromatic rings. The first-order valence-corrected chi connectivity index (χ1v) is 11.0. The molecule has 1 amide bonds. The SMILES string of the molecule is CCOC(=O)CSc1nnc(NC(=O)C[NH+]2CCN(c3ccccc3)CC2)s1. The molecule has 1 aliphatic heterocycles. The minimum Gasteiger partial charge on any atom is -0.465 e. The predicted molar refractivity (Wildman–Crippen MR) is 110 cm³/mol. The van der Waals surface area contributed by atoms with E-state index in [1.807, 2.05) is 18.2 Å². The largest absolute Gasteiger partial charge is 0.465 e. The van der Waals surface area contributed by atoms with Gasteiger partial charge in [0.25, 0.3) is 5.91 Å². The number of ether oxygens (including phenoxy) is 1. The van der Waals surface area contributed by atoms with Crippen LogP contribution < -0.4 is 15.1 Å². The second-order valence-corrected chi connectivity index (χ2v) is 8.46. The predicted octanol–water partition coefficient (Wildman–Crippen LogP) is 0.537. The number of thioether (sulfide) groups is 1. The van der Waals surface area contributed by atoms with Crippen LogP contribution in [-0.2, 0) is 14.3 Å². The summed E-state index contributed by atoms with van der Waals surface area (Å²) in [5, 5.41) is 11.2. The van der Waals surface area contributed by atoms with E-state index in [2.05, 4.69) is 32.5 Å². The van der Waals surface area contributed by atoms with Gasteiger partial charge in [-0.2, -0.15) is 0 Å². The average Bonchev–Trinajstić information content (AvgIpc) is 3.15. The lowest BCUT2D eigenvalue weighted by atomic mass is 10.2. The molecule has 0 spiro atoms. The molecule has 8 nitrogen and oxygen atoms in total. The quantitative estimate of drug-likeness (QED) is 0.365. The Balaban J connectivity index is 1.40. The number of aromatic nitrogens is 2. The van der Waals surface area contributed by atoms with Crippen molar-refractivity contribution in [3.8, 4) is 0 Å². The van der Waals surface area contributed by atoms with Crippen molar-refractivity contribution in [2.24, 2.45) is 0 Å². The number of para-hydroxylation sites is 1. The van der Waals surface area contributed by atoms with Crippen LogP contribution in [0.25, 0.3) is 0 Å². The molecular weight excluding hydrogens is 398 g/mol. The molecule has 1 saturated heterocycles. The van der Waals surface area contributed by atoms with Gasteiger partial charge < -0.3 is 14.5 Å². The fourth-order valence-corrected chi connectivity index (χ4v) is 4.50.